The van der Waals surface area contributed by atoms with Gasteiger partial charge >= 0.3 is 6.03 Å². The van der Waals surface area contributed by atoms with Crippen LogP contribution in [0.5, 0.6) is 5.75 Å². The summed E-state index contributed by atoms with van der Waals surface area (Å²) in [5.74, 6) is 0.0826. The number of benzene rings is 2. The second kappa shape index (κ2) is 9.38. The number of carbonyl (C=O) groups excluding carboxylic acids is 1. The van der Waals surface area contributed by atoms with Crippen molar-refractivity contribution >= 4 is 6.03 Å². The molecule has 7 heteroatoms. The zero-order valence-corrected chi connectivity index (χ0v) is 14.8. The molecule has 27 heavy (non-hydrogen) atoms. The van der Waals surface area contributed by atoms with Crippen LogP contribution in [0.2, 0.25) is 0 Å². The lowest BCUT2D eigenvalue weighted by Gasteiger charge is -2.10. The van der Waals surface area contributed by atoms with Crippen molar-refractivity contribution in [2.45, 2.75) is 13.1 Å². The van der Waals surface area contributed by atoms with Crippen LogP contribution in [0.4, 0.5) is 9.18 Å². The number of hydrogen-bond donors (Lipinski definition) is 2. The predicted octanol–water partition coefficient (Wildman–Crippen LogP) is 2.95. The van der Waals surface area contributed by atoms with Crippen molar-refractivity contribution in [1.29, 1.82) is 0 Å². The summed E-state index contributed by atoms with van der Waals surface area (Å²) in [6.07, 6.45) is 3.65. The fraction of sp³-hybridized carbons (Fsp3) is 0.200. The lowest BCUT2D eigenvalue weighted by Crippen LogP contribution is -2.37. The van der Waals surface area contributed by atoms with Gasteiger partial charge in [0.05, 0.1) is 13.1 Å². The van der Waals surface area contributed by atoms with Gasteiger partial charge in [-0.2, -0.15) is 5.10 Å². The molecule has 6 nitrogen and oxygen atoms in total. The molecule has 1 aromatic heterocycles. The third-order valence-corrected chi connectivity index (χ3v) is 3.80. The lowest BCUT2D eigenvalue weighted by molar-refractivity contribution is 0.236. The van der Waals surface area contributed by atoms with Crippen molar-refractivity contribution in [1.82, 2.24) is 20.4 Å². The van der Waals surface area contributed by atoms with Gasteiger partial charge in [-0.25, -0.2) is 9.18 Å². The third kappa shape index (κ3) is 6.14. The number of nitrogens with one attached hydrogen (secondary N) is 2. The van der Waals surface area contributed by atoms with Crippen LogP contribution in [-0.2, 0) is 13.1 Å². The van der Waals surface area contributed by atoms with Crippen LogP contribution in [0, 0.1) is 5.82 Å². The van der Waals surface area contributed by atoms with Crippen molar-refractivity contribution in [3.05, 3.63) is 83.9 Å². The Bertz CT molecular complexity index is 868. The molecule has 0 aliphatic rings. The molecule has 2 amide bonds. The minimum absolute atomic E-state index is 0.260. The van der Waals surface area contributed by atoms with Crippen LogP contribution in [0.25, 0.3) is 0 Å². The molecule has 0 spiro atoms. The Morgan fingerprint density at radius 2 is 1.93 bits per heavy atom. The molecule has 0 saturated heterocycles. The standard InChI is InChI=1S/C20H21FN4O2/c21-18-6-2-7-19(13-18)27-11-9-22-20(26)23-14-16-4-1-5-17(12-16)15-25-10-3-8-24-25/h1-8,10,12-13H,9,11,14-15H2,(H2,22,23,26). The number of nitrogens with zero attached hydrogens (tertiary/aromatic N) is 2. The van der Waals surface area contributed by atoms with E-state index in [1.807, 2.05) is 41.2 Å². The minimum atomic E-state index is -0.354. The number of urea groups is 1. The van der Waals surface area contributed by atoms with Crippen LogP contribution in [0.1, 0.15) is 11.1 Å². The van der Waals surface area contributed by atoms with E-state index in [0.717, 1.165) is 11.1 Å². The summed E-state index contributed by atoms with van der Waals surface area (Å²) in [5, 5.41) is 9.70. The highest BCUT2D eigenvalue weighted by molar-refractivity contribution is 5.73. The van der Waals surface area contributed by atoms with Crippen molar-refractivity contribution in [2.75, 3.05) is 13.2 Å². The molecular weight excluding hydrogens is 347 g/mol. The zero-order chi connectivity index (χ0) is 18.9. The van der Waals surface area contributed by atoms with Gasteiger partial charge < -0.3 is 15.4 Å². The Labute approximate surface area is 157 Å². The molecular formula is C20H21FN4O2. The SMILES string of the molecule is O=C(NCCOc1cccc(F)c1)NCc1cccc(Cn2cccn2)c1. The van der Waals surface area contributed by atoms with Crippen LogP contribution < -0.4 is 15.4 Å². The van der Waals surface area contributed by atoms with Gasteiger partial charge in [0, 0.05) is 25.0 Å². The van der Waals surface area contributed by atoms with Crippen molar-refractivity contribution in [2.24, 2.45) is 0 Å². The number of halogens is 1. The molecule has 0 aliphatic heterocycles. The highest BCUT2D eigenvalue weighted by Gasteiger charge is 2.02. The molecule has 2 N–H and O–H groups in total. The van der Waals surface area contributed by atoms with Gasteiger partial charge in [0.1, 0.15) is 18.2 Å². The maximum atomic E-state index is 13.0. The first-order chi connectivity index (χ1) is 13.2. The summed E-state index contributed by atoms with van der Waals surface area (Å²) in [6, 6.07) is 15.5. The van der Waals surface area contributed by atoms with E-state index in [1.165, 1.54) is 12.1 Å². The van der Waals surface area contributed by atoms with E-state index in [9.17, 15) is 9.18 Å². The Morgan fingerprint density at radius 1 is 1.07 bits per heavy atom. The van der Waals surface area contributed by atoms with Crippen LogP contribution in [-0.4, -0.2) is 29.0 Å². The van der Waals surface area contributed by atoms with Gasteiger partial charge in [0.25, 0.3) is 0 Å². The first-order valence-corrected chi connectivity index (χ1v) is 8.64. The second-order valence-electron chi connectivity index (χ2n) is 5.94. The van der Waals surface area contributed by atoms with E-state index >= 15 is 0 Å². The molecule has 3 aromatic rings. The molecule has 0 radical (unpaired) electrons. The molecule has 2 aromatic carbocycles. The zero-order valence-electron chi connectivity index (χ0n) is 14.8. The average molecular weight is 368 g/mol. The molecule has 0 unspecified atom stereocenters. The highest BCUT2D eigenvalue weighted by atomic mass is 19.1. The molecule has 3 rings (SSSR count). The lowest BCUT2D eigenvalue weighted by atomic mass is 10.1. The van der Waals surface area contributed by atoms with Gasteiger partial charge in [-0.3, -0.25) is 4.68 Å². The molecule has 0 bridgehead atoms. The largest absolute Gasteiger partial charge is 0.492 e. The molecule has 140 valence electrons. The molecule has 0 fully saturated rings. The number of rotatable bonds is 8. The highest BCUT2D eigenvalue weighted by Crippen LogP contribution is 2.11. The Hall–Kier alpha value is -3.35. The summed E-state index contributed by atoms with van der Waals surface area (Å²) < 4.78 is 20.3. The molecule has 0 aliphatic carbocycles. The predicted molar refractivity (Wildman–Crippen MR) is 99.9 cm³/mol. The Morgan fingerprint density at radius 3 is 2.74 bits per heavy atom. The Kier molecular flexibility index (Phi) is 6.40. The van der Waals surface area contributed by atoms with E-state index in [1.54, 1.807) is 18.3 Å². The van der Waals surface area contributed by atoms with Crippen molar-refractivity contribution < 1.29 is 13.9 Å². The van der Waals surface area contributed by atoms with Gasteiger partial charge in [-0.1, -0.05) is 30.3 Å². The minimum Gasteiger partial charge on any atom is -0.492 e. The maximum Gasteiger partial charge on any atom is 0.315 e. The van der Waals surface area contributed by atoms with E-state index in [-0.39, 0.29) is 18.5 Å². The quantitative estimate of drug-likeness (QED) is 0.601. The second-order valence-corrected chi connectivity index (χ2v) is 5.94. The van der Waals surface area contributed by atoms with Crippen molar-refractivity contribution in [3.63, 3.8) is 0 Å². The number of carbonyl (C=O) groups is 1. The maximum absolute atomic E-state index is 13.0. The average Bonchev–Trinajstić information content (AvgIpc) is 3.17. The molecule has 0 saturated carbocycles. The smallest absolute Gasteiger partial charge is 0.315 e. The normalized spacial score (nSPS) is 10.4. The van der Waals surface area contributed by atoms with Gasteiger partial charge in [-0.05, 0) is 29.3 Å². The molecule has 0 atom stereocenters. The number of ether oxygens (including phenoxy) is 1. The van der Waals surface area contributed by atoms with E-state index in [4.69, 9.17) is 4.74 Å². The third-order valence-electron chi connectivity index (χ3n) is 3.80. The van der Waals surface area contributed by atoms with E-state index in [2.05, 4.69) is 15.7 Å². The Balaban J connectivity index is 1.37. The number of hydrogen-bond acceptors (Lipinski definition) is 3. The fourth-order valence-corrected chi connectivity index (χ4v) is 2.55. The summed E-state index contributed by atoms with van der Waals surface area (Å²) >= 11 is 0. The fourth-order valence-electron chi connectivity index (χ4n) is 2.55. The van der Waals surface area contributed by atoms with Gasteiger partial charge in [0.2, 0.25) is 0 Å². The van der Waals surface area contributed by atoms with Crippen LogP contribution >= 0.6 is 0 Å². The van der Waals surface area contributed by atoms with Gasteiger partial charge in [-0.15, -0.1) is 0 Å². The monoisotopic (exact) mass is 368 g/mol. The van der Waals surface area contributed by atoms with Crippen LogP contribution in [0.15, 0.2) is 67.0 Å². The van der Waals surface area contributed by atoms with Crippen molar-refractivity contribution in [3.8, 4) is 5.75 Å². The van der Waals surface area contributed by atoms with E-state index in [0.29, 0.717) is 25.4 Å². The number of amides is 2. The summed E-state index contributed by atoms with van der Waals surface area (Å²) in [4.78, 5) is 11.9. The first kappa shape index (κ1) is 18.4. The number of aromatic nitrogens is 2. The molecule has 1 heterocycles. The van der Waals surface area contributed by atoms with Gasteiger partial charge in [0.15, 0.2) is 0 Å². The first-order valence-electron chi connectivity index (χ1n) is 8.64. The topological polar surface area (TPSA) is 68.2 Å². The summed E-state index contributed by atoms with van der Waals surface area (Å²) in [6.45, 7) is 1.69. The summed E-state index contributed by atoms with van der Waals surface area (Å²) in [7, 11) is 0. The summed E-state index contributed by atoms with van der Waals surface area (Å²) in [5.41, 5.74) is 2.12. The van der Waals surface area contributed by atoms with Crippen LogP contribution in [0.3, 0.4) is 0 Å². The van der Waals surface area contributed by atoms with E-state index < -0.39 is 0 Å².